The number of aryl methyl sites for hydroxylation is 1. The number of anilines is 1. The first-order valence-corrected chi connectivity index (χ1v) is 7.62. The fourth-order valence-corrected chi connectivity index (χ4v) is 3.31. The quantitative estimate of drug-likeness (QED) is 0.922. The number of nitrogens with zero attached hydrogens (tertiary/aromatic N) is 4. The molecule has 1 aromatic rings. The summed E-state index contributed by atoms with van der Waals surface area (Å²) in [6, 6.07) is 3.79. The minimum Gasteiger partial charge on any atom is -0.352 e. The highest BCUT2D eigenvalue weighted by Crippen LogP contribution is 2.35. The van der Waals surface area contributed by atoms with Gasteiger partial charge in [-0.15, -0.1) is 0 Å². The average molecular weight is 287 g/mol. The Morgan fingerprint density at radius 1 is 1.48 bits per heavy atom. The summed E-state index contributed by atoms with van der Waals surface area (Å²) in [5, 5.41) is 12.4. The van der Waals surface area contributed by atoms with Crippen molar-refractivity contribution in [3.63, 3.8) is 0 Å². The van der Waals surface area contributed by atoms with Gasteiger partial charge in [-0.2, -0.15) is 5.26 Å². The molecule has 1 aliphatic carbocycles. The van der Waals surface area contributed by atoms with E-state index in [0.717, 1.165) is 18.2 Å². The lowest BCUT2D eigenvalue weighted by Crippen LogP contribution is -2.52. The Balaban J connectivity index is 2.12. The fourth-order valence-electron chi connectivity index (χ4n) is 3.31. The van der Waals surface area contributed by atoms with Crippen molar-refractivity contribution in [3.8, 4) is 6.07 Å². The van der Waals surface area contributed by atoms with Crippen LogP contribution in [0.4, 0.5) is 5.95 Å². The van der Waals surface area contributed by atoms with Gasteiger partial charge in [0.05, 0.1) is 0 Å². The molecular weight excluding hydrogens is 262 g/mol. The van der Waals surface area contributed by atoms with Gasteiger partial charge in [0.25, 0.3) is 0 Å². The van der Waals surface area contributed by atoms with Crippen LogP contribution in [-0.2, 0) is 0 Å². The van der Waals surface area contributed by atoms with E-state index in [4.69, 9.17) is 5.26 Å². The van der Waals surface area contributed by atoms with Gasteiger partial charge in [0, 0.05) is 17.8 Å². The highest BCUT2D eigenvalue weighted by Gasteiger charge is 2.36. The summed E-state index contributed by atoms with van der Waals surface area (Å²) in [4.78, 5) is 11.0. The number of rotatable bonds is 4. The molecule has 0 radical (unpaired) electrons. The second kappa shape index (κ2) is 6.40. The van der Waals surface area contributed by atoms with E-state index in [9.17, 15) is 0 Å². The zero-order chi connectivity index (χ0) is 15.5. The molecule has 1 saturated carbocycles. The second-order valence-electron chi connectivity index (χ2n) is 6.50. The van der Waals surface area contributed by atoms with E-state index in [2.05, 4.69) is 47.3 Å². The summed E-state index contributed by atoms with van der Waals surface area (Å²) in [6.45, 7) is 5.03. The molecule has 0 saturated heterocycles. The maximum Gasteiger partial charge on any atom is 0.224 e. The van der Waals surface area contributed by atoms with Crippen LogP contribution in [0.5, 0.6) is 0 Å². The Hall–Kier alpha value is -1.67. The van der Waals surface area contributed by atoms with Gasteiger partial charge in [-0.05, 0) is 45.8 Å². The number of hydrogen-bond donors (Lipinski definition) is 1. The van der Waals surface area contributed by atoms with E-state index < -0.39 is 0 Å². The van der Waals surface area contributed by atoms with Crippen molar-refractivity contribution in [1.29, 1.82) is 5.26 Å². The number of nitrogens with one attached hydrogen (secondary N) is 1. The molecule has 2 unspecified atom stereocenters. The molecule has 0 aromatic carbocycles. The predicted molar refractivity (Wildman–Crippen MR) is 84.0 cm³/mol. The lowest BCUT2D eigenvalue weighted by Gasteiger charge is -2.45. The van der Waals surface area contributed by atoms with Crippen molar-refractivity contribution >= 4 is 5.95 Å². The Bertz CT molecular complexity index is 534. The third kappa shape index (κ3) is 3.70. The van der Waals surface area contributed by atoms with E-state index >= 15 is 0 Å². The molecule has 0 aliphatic heterocycles. The van der Waals surface area contributed by atoms with Gasteiger partial charge >= 0.3 is 0 Å². The summed E-state index contributed by atoms with van der Waals surface area (Å²) >= 11 is 0. The number of nitriles is 1. The molecule has 2 atom stereocenters. The first-order chi connectivity index (χ1) is 9.95. The Labute approximate surface area is 127 Å². The summed E-state index contributed by atoms with van der Waals surface area (Å²) in [6.07, 6.45) is 4.95. The molecule has 0 amide bonds. The van der Waals surface area contributed by atoms with Gasteiger partial charge in [-0.3, -0.25) is 0 Å². The smallest absolute Gasteiger partial charge is 0.224 e. The zero-order valence-corrected chi connectivity index (χ0v) is 13.5. The molecule has 1 aromatic heterocycles. The summed E-state index contributed by atoms with van der Waals surface area (Å²) in [5.74, 6) is 1.31. The molecule has 1 aliphatic rings. The van der Waals surface area contributed by atoms with E-state index in [1.54, 1.807) is 6.07 Å². The highest BCUT2D eigenvalue weighted by molar-refractivity contribution is 5.33. The van der Waals surface area contributed by atoms with Crippen molar-refractivity contribution in [2.45, 2.75) is 45.1 Å². The molecule has 1 N–H and O–H groups in total. The van der Waals surface area contributed by atoms with Crippen molar-refractivity contribution in [2.24, 2.45) is 5.92 Å². The van der Waals surface area contributed by atoms with Crippen LogP contribution in [0.3, 0.4) is 0 Å². The Morgan fingerprint density at radius 3 is 2.86 bits per heavy atom. The monoisotopic (exact) mass is 287 g/mol. The molecule has 114 valence electrons. The molecule has 2 rings (SSSR count). The van der Waals surface area contributed by atoms with Gasteiger partial charge in [-0.1, -0.05) is 19.8 Å². The standard InChI is InChI=1S/C16H25N5/c1-12-6-5-7-16(9-12,21(3)4)11-18-15-19-13(2)8-14(10-17)20-15/h8,12H,5-7,9,11H2,1-4H3,(H,18,19,20). The topological polar surface area (TPSA) is 64.8 Å². The van der Waals surface area contributed by atoms with Crippen LogP contribution in [0.25, 0.3) is 0 Å². The average Bonchev–Trinajstić information content (AvgIpc) is 2.44. The fraction of sp³-hybridized carbons (Fsp3) is 0.688. The van der Waals surface area contributed by atoms with Crippen LogP contribution in [0, 0.1) is 24.2 Å². The summed E-state index contributed by atoms with van der Waals surface area (Å²) in [5.41, 5.74) is 1.39. The van der Waals surface area contributed by atoms with Crippen molar-refractivity contribution < 1.29 is 0 Å². The third-order valence-corrected chi connectivity index (χ3v) is 4.56. The summed E-state index contributed by atoms with van der Waals surface area (Å²) in [7, 11) is 4.30. The molecular formula is C16H25N5. The maximum absolute atomic E-state index is 9.00. The van der Waals surface area contributed by atoms with Crippen molar-refractivity contribution in [3.05, 3.63) is 17.5 Å². The maximum atomic E-state index is 9.00. The molecule has 1 fully saturated rings. The minimum atomic E-state index is 0.150. The van der Waals surface area contributed by atoms with Gasteiger partial charge in [-0.25, -0.2) is 9.97 Å². The molecule has 0 bridgehead atoms. The van der Waals surface area contributed by atoms with Gasteiger partial charge in [0.15, 0.2) is 0 Å². The van der Waals surface area contributed by atoms with E-state index in [1.807, 2.05) is 6.92 Å². The number of aromatic nitrogens is 2. The van der Waals surface area contributed by atoms with Gasteiger partial charge in [0.2, 0.25) is 5.95 Å². The zero-order valence-electron chi connectivity index (χ0n) is 13.5. The lowest BCUT2D eigenvalue weighted by atomic mass is 9.75. The van der Waals surface area contributed by atoms with Crippen molar-refractivity contribution in [2.75, 3.05) is 26.0 Å². The Morgan fingerprint density at radius 2 is 2.24 bits per heavy atom. The highest BCUT2D eigenvalue weighted by atomic mass is 15.2. The van der Waals surface area contributed by atoms with Crippen LogP contribution in [0.1, 0.15) is 44.0 Å². The molecule has 5 heteroatoms. The lowest BCUT2D eigenvalue weighted by molar-refractivity contribution is 0.0881. The normalized spacial score (nSPS) is 25.6. The molecule has 21 heavy (non-hydrogen) atoms. The minimum absolute atomic E-state index is 0.150. The first-order valence-electron chi connectivity index (χ1n) is 7.62. The van der Waals surface area contributed by atoms with Crippen LogP contribution in [0.2, 0.25) is 0 Å². The van der Waals surface area contributed by atoms with Crippen LogP contribution in [0.15, 0.2) is 6.07 Å². The summed E-state index contributed by atoms with van der Waals surface area (Å²) < 4.78 is 0. The van der Waals surface area contributed by atoms with Gasteiger partial charge < -0.3 is 10.2 Å². The number of hydrogen-bond acceptors (Lipinski definition) is 5. The van der Waals surface area contributed by atoms with Crippen LogP contribution in [-0.4, -0.2) is 41.0 Å². The van der Waals surface area contributed by atoms with E-state index in [-0.39, 0.29) is 5.54 Å². The van der Waals surface area contributed by atoms with E-state index in [1.165, 1.54) is 25.7 Å². The predicted octanol–water partition coefficient (Wildman–Crippen LogP) is 2.58. The van der Waals surface area contributed by atoms with Crippen LogP contribution < -0.4 is 5.32 Å². The van der Waals surface area contributed by atoms with E-state index in [0.29, 0.717) is 11.6 Å². The molecule has 5 nitrogen and oxygen atoms in total. The third-order valence-electron chi connectivity index (χ3n) is 4.56. The van der Waals surface area contributed by atoms with Crippen molar-refractivity contribution in [1.82, 2.24) is 14.9 Å². The van der Waals surface area contributed by atoms with Crippen LogP contribution >= 0.6 is 0 Å². The molecule has 0 spiro atoms. The Kier molecular flexibility index (Phi) is 4.79. The van der Waals surface area contributed by atoms with Gasteiger partial charge in [0.1, 0.15) is 11.8 Å². The first kappa shape index (κ1) is 15.7. The largest absolute Gasteiger partial charge is 0.352 e. The second-order valence-corrected chi connectivity index (χ2v) is 6.50. The number of likely N-dealkylation sites (N-methyl/N-ethyl adjacent to an activating group) is 1. The molecule has 1 heterocycles. The SMILES string of the molecule is Cc1cc(C#N)nc(NCC2(N(C)C)CCCC(C)C2)n1.